The first kappa shape index (κ1) is 14.5. The van der Waals surface area contributed by atoms with Gasteiger partial charge in [-0.1, -0.05) is 6.07 Å². The number of nitro benzene ring substituents is 1. The quantitative estimate of drug-likeness (QED) is 0.634. The van der Waals surface area contributed by atoms with Gasteiger partial charge >= 0.3 is 0 Å². The molecule has 2 rings (SSSR count). The molecule has 20 heavy (non-hydrogen) atoms. The molecule has 1 aromatic rings. The van der Waals surface area contributed by atoms with Gasteiger partial charge in [0.05, 0.1) is 4.92 Å². The van der Waals surface area contributed by atoms with E-state index in [2.05, 4.69) is 10.6 Å². The number of rotatable bonds is 5. The topological polar surface area (TPSA) is 84.3 Å². The van der Waals surface area contributed by atoms with E-state index in [0.717, 1.165) is 19.4 Å². The van der Waals surface area contributed by atoms with E-state index >= 15 is 0 Å². The minimum absolute atomic E-state index is 0.0184. The van der Waals surface area contributed by atoms with E-state index < -0.39 is 4.92 Å². The maximum atomic E-state index is 12.1. The smallest absolute Gasteiger partial charge is 0.273 e. The molecule has 108 valence electrons. The molecule has 6 heteroatoms. The van der Waals surface area contributed by atoms with E-state index in [1.165, 1.54) is 12.5 Å². The molecule has 1 amide bonds. The minimum Gasteiger partial charge on any atom is -0.352 e. The molecule has 0 spiro atoms. The van der Waals surface area contributed by atoms with Crippen LogP contribution in [-0.2, 0) is 0 Å². The fraction of sp³-hybridized carbons (Fsp3) is 0.500. The van der Waals surface area contributed by atoms with Gasteiger partial charge in [-0.05, 0) is 38.8 Å². The molecule has 0 radical (unpaired) electrons. The number of nitro groups is 1. The van der Waals surface area contributed by atoms with Crippen LogP contribution >= 0.6 is 0 Å². The predicted molar refractivity (Wildman–Crippen MR) is 75.8 cm³/mol. The number of hydrogen-bond acceptors (Lipinski definition) is 4. The fourth-order valence-corrected chi connectivity index (χ4v) is 2.53. The molecule has 0 aliphatic carbocycles. The largest absolute Gasteiger partial charge is 0.352 e. The molecule has 0 saturated carbocycles. The monoisotopic (exact) mass is 277 g/mol. The predicted octanol–water partition coefficient (Wildman–Crippen LogP) is 1.78. The van der Waals surface area contributed by atoms with E-state index in [1.807, 2.05) is 0 Å². The average molecular weight is 277 g/mol. The summed E-state index contributed by atoms with van der Waals surface area (Å²) in [6.45, 7) is 3.23. The molecule has 2 N–H and O–H groups in total. The molecule has 0 bridgehead atoms. The first-order valence-corrected chi connectivity index (χ1v) is 6.85. The maximum Gasteiger partial charge on any atom is 0.273 e. The lowest BCUT2D eigenvalue weighted by Gasteiger charge is -2.11. The van der Waals surface area contributed by atoms with Gasteiger partial charge in [0.1, 0.15) is 0 Å². The van der Waals surface area contributed by atoms with Crippen LogP contribution in [-0.4, -0.2) is 30.0 Å². The molecule has 1 saturated heterocycles. The lowest BCUT2D eigenvalue weighted by molar-refractivity contribution is -0.385. The first-order valence-electron chi connectivity index (χ1n) is 6.85. The Hall–Kier alpha value is -1.95. The average Bonchev–Trinajstić information content (AvgIpc) is 2.91. The van der Waals surface area contributed by atoms with Gasteiger partial charge in [-0.2, -0.15) is 0 Å². The van der Waals surface area contributed by atoms with Crippen molar-refractivity contribution in [2.45, 2.75) is 32.2 Å². The third-order valence-electron chi connectivity index (χ3n) is 3.69. The standard InChI is InChI=1S/C14H19N3O3/c1-10-12(5-2-6-13(10)17(19)20)14(18)16-9-7-11-4-3-8-15-11/h2,5-6,11,15H,3-4,7-9H2,1H3,(H,16,18)/t11-/m0/s1. The van der Waals surface area contributed by atoms with Crippen molar-refractivity contribution < 1.29 is 9.72 Å². The summed E-state index contributed by atoms with van der Waals surface area (Å²) in [6, 6.07) is 5.04. The summed E-state index contributed by atoms with van der Waals surface area (Å²) in [5.41, 5.74) is 0.766. The van der Waals surface area contributed by atoms with Crippen molar-refractivity contribution in [2.24, 2.45) is 0 Å². The Morgan fingerprint density at radius 2 is 2.35 bits per heavy atom. The van der Waals surface area contributed by atoms with E-state index in [1.54, 1.807) is 19.1 Å². The second-order valence-corrected chi connectivity index (χ2v) is 5.04. The van der Waals surface area contributed by atoms with Gasteiger partial charge in [-0.3, -0.25) is 14.9 Å². The number of carbonyl (C=O) groups excluding carboxylic acids is 1. The van der Waals surface area contributed by atoms with Crippen molar-refractivity contribution in [2.75, 3.05) is 13.1 Å². The van der Waals surface area contributed by atoms with E-state index in [0.29, 0.717) is 23.7 Å². The van der Waals surface area contributed by atoms with Crippen LogP contribution in [0.25, 0.3) is 0 Å². The van der Waals surface area contributed by atoms with Gasteiger partial charge in [0.25, 0.3) is 11.6 Å². The summed E-state index contributed by atoms with van der Waals surface area (Å²) in [7, 11) is 0. The highest BCUT2D eigenvalue weighted by molar-refractivity contribution is 5.96. The molecule has 0 unspecified atom stereocenters. The second-order valence-electron chi connectivity index (χ2n) is 5.04. The van der Waals surface area contributed by atoms with Crippen molar-refractivity contribution in [3.63, 3.8) is 0 Å². The third-order valence-corrected chi connectivity index (χ3v) is 3.69. The van der Waals surface area contributed by atoms with Crippen molar-refractivity contribution in [1.29, 1.82) is 0 Å². The van der Waals surface area contributed by atoms with Crippen LogP contribution in [0.5, 0.6) is 0 Å². The fourth-order valence-electron chi connectivity index (χ4n) is 2.53. The van der Waals surface area contributed by atoms with Crippen molar-refractivity contribution in [1.82, 2.24) is 10.6 Å². The normalized spacial score (nSPS) is 17.9. The summed E-state index contributed by atoms with van der Waals surface area (Å²) < 4.78 is 0. The SMILES string of the molecule is Cc1c(C(=O)NCC[C@@H]2CCCN2)cccc1[N+](=O)[O-]. The van der Waals surface area contributed by atoms with Gasteiger partial charge in [-0.25, -0.2) is 0 Å². The van der Waals surface area contributed by atoms with E-state index in [4.69, 9.17) is 0 Å². The lowest BCUT2D eigenvalue weighted by Crippen LogP contribution is -2.31. The van der Waals surface area contributed by atoms with Crippen molar-refractivity contribution >= 4 is 11.6 Å². The van der Waals surface area contributed by atoms with Crippen LogP contribution in [0.4, 0.5) is 5.69 Å². The van der Waals surface area contributed by atoms with E-state index in [9.17, 15) is 14.9 Å². The zero-order valence-electron chi connectivity index (χ0n) is 11.5. The number of nitrogens with one attached hydrogen (secondary N) is 2. The number of benzene rings is 1. The van der Waals surface area contributed by atoms with Crippen molar-refractivity contribution in [3.05, 3.63) is 39.4 Å². The van der Waals surface area contributed by atoms with Crippen LogP contribution < -0.4 is 10.6 Å². The summed E-state index contributed by atoms with van der Waals surface area (Å²) in [6.07, 6.45) is 3.22. The van der Waals surface area contributed by atoms with E-state index in [-0.39, 0.29) is 11.6 Å². The molecule has 1 atom stereocenters. The maximum absolute atomic E-state index is 12.1. The second kappa shape index (κ2) is 6.47. The number of hydrogen-bond donors (Lipinski definition) is 2. The molecule has 1 aliphatic rings. The molecule has 6 nitrogen and oxygen atoms in total. The van der Waals surface area contributed by atoms with Gasteiger partial charge in [0.2, 0.25) is 0 Å². The Labute approximate surface area is 117 Å². The van der Waals surface area contributed by atoms with Crippen LogP contribution in [0.15, 0.2) is 18.2 Å². The summed E-state index contributed by atoms with van der Waals surface area (Å²) in [5, 5.41) is 17.0. The molecule has 0 aromatic heterocycles. The van der Waals surface area contributed by atoms with Gasteiger partial charge in [0.15, 0.2) is 0 Å². The van der Waals surface area contributed by atoms with Gasteiger partial charge < -0.3 is 10.6 Å². The highest BCUT2D eigenvalue weighted by Crippen LogP contribution is 2.20. The zero-order chi connectivity index (χ0) is 14.5. The molecular weight excluding hydrogens is 258 g/mol. The van der Waals surface area contributed by atoms with Crippen LogP contribution in [0.1, 0.15) is 35.2 Å². The zero-order valence-corrected chi connectivity index (χ0v) is 11.5. The Morgan fingerprint density at radius 1 is 1.55 bits per heavy atom. The number of carbonyl (C=O) groups is 1. The summed E-state index contributed by atoms with van der Waals surface area (Å²) in [5.74, 6) is -0.246. The van der Waals surface area contributed by atoms with Gasteiger partial charge in [0, 0.05) is 29.8 Å². The first-order chi connectivity index (χ1) is 9.59. The molecule has 1 fully saturated rings. The minimum atomic E-state index is -0.464. The Balaban J connectivity index is 1.95. The number of nitrogens with zero attached hydrogens (tertiary/aromatic N) is 1. The summed E-state index contributed by atoms with van der Waals surface area (Å²) >= 11 is 0. The molecule has 1 aromatic carbocycles. The molecular formula is C14H19N3O3. The van der Waals surface area contributed by atoms with Crippen molar-refractivity contribution in [3.8, 4) is 0 Å². The Kier molecular flexibility index (Phi) is 4.68. The van der Waals surface area contributed by atoms with Crippen LogP contribution in [0.2, 0.25) is 0 Å². The number of amides is 1. The Morgan fingerprint density at radius 3 is 3.00 bits per heavy atom. The Bertz CT molecular complexity index is 510. The highest BCUT2D eigenvalue weighted by Gasteiger charge is 2.18. The third kappa shape index (κ3) is 3.33. The molecule has 1 aliphatic heterocycles. The lowest BCUT2D eigenvalue weighted by atomic mass is 10.1. The summed E-state index contributed by atoms with van der Waals surface area (Å²) in [4.78, 5) is 22.4. The van der Waals surface area contributed by atoms with Gasteiger partial charge in [-0.15, -0.1) is 0 Å². The van der Waals surface area contributed by atoms with Crippen LogP contribution in [0, 0.1) is 17.0 Å². The highest BCUT2D eigenvalue weighted by atomic mass is 16.6. The molecule has 1 heterocycles. The van der Waals surface area contributed by atoms with Crippen LogP contribution in [0.3, 0.4) is 0 Å².